The fourth-order valence-electron chi connectivity index (χ4n) is 3.85. The lowest BCUT2D eigenvalue weighted by atomic mass is 10.0. The lowest BCUT2D eigenvalue weighted by Crippen LogP contribution is -2.42. The van der Waals surface area contributed by atoms with Gasteiger partial charge in [-0.2, -0.15) is 5.26 Å². The predicted molar refractivity (Wildman–Crippen MR) is 108 cm³/mol. The highest BCUT2D eigenvalue weighted by atomic mass is 19.1. The van der Waals surface area contributed by atoms with Crippen LogP contribution in [0.3, 0.4) is 0 Å². The number of benzene rings is 1. The number of halogens is 1. The van der Waals surface area contributed by atoms with E-state index in [0.717, 1.165) is 36.2 Å². The van der Waals surface area contributed by atoms with E-state index in [4.69, 9.17) is 0 Å². The third-order valence-electron chi connectivity index (χ3n) is 5.74. The minimum absolute atomic E-state index is 0.108. The number of hydrogen-bond donors (Lipinski definition) is 1. The van der Waals surface area contributed by atoms with E-state index in [1.165, 1.54) is 18.6 Å². The van der Waals surface area contributed by atoms with Crippen LogP contribution in [-0.2, 0) is 11.3 Å². The largest absolute Gasteiger partial charge is 0.326 e. The summed E-state index contributed by atoms with van der Waals surface area (Å²) in [5.41, 5.74) is 3.16. The first-order valence-corrected chi connectivity index (χ1v) is 9.78. The van der Waals surface area contributed by atoms with E-state index >= 15 is 0 Å². The molecule has 6 heteroatoms. The number of amides is 1. The number of rotatable bonds is 5. The molecule has 1 amide bonds. The summed E-state index contributed by atoms with van der Waals surface area (Å²) in [6.07, 6.45) is 3.42. The van der Waals surface area contributed by atoms with Gasteiger partial charge in [0.05, 0.1) is 12.1 Å². The molecule has 2 heterocycles. The van der Waals surface area contributed by atoms with E-state index < -0.39 is 0 Å². The Morgan fingerprint density at radius 1 is 1.29 bits per heavy atom. The smallest absolute Gasteiger partial charge is 0.239 e. The van der Waals surface area contributed by atoms with Gasteiger partial charge in [0.25, 0.3) is 0 Å². The number of carbonyl (C=O) groups excluding carboxylic acids is 1. The summed E-state index contributed by atoms with van der Waals surface area (Å²) in [5, 5.41) is 12.6. The predicted octanol–water partition coefficient (Wildman–Crippen LogP) is 3.98. The van der Waals surface area contributed by atoms with E-state index in [9.17, 15) is 14.4 Å². The molecule has 1 aliphatic rings. The van der Waals surface area contributed by atoms with Crippen LogP contribution < -0.4 is 5.32 Å². The molecule has 0 unspecified atom stereocenters. The van der Waals surface area contributed by atoms with Crippen molar-refractivity contribution < 1.29 is 9.18 Å². The van der Waals surface area contributed by atoms with Crippen molar-refractivity contribution in [3.63, 3.8) is 0 Å². The van der Waals surface area contributed by atoms with Gasteiger partial charge in [-0.05, 0) is 63.4 Å². The average Bonchev–Trinajstić information content (AvgIpc) is 2.89. The molecule has 28 heavy (non-hydrogen) atoms. The Morgan fingerprint density at radius 3 is 2.64 bits per heavy atom. The van der Waals surface area contributed by atoms with Crippen LogP contribution in [0, 0.1) is 31.0 Å². The number of carbonyl (C=O) groups is 1. The average molecular weight is 382 g/mol. The maximum atomic E-state index is 13.2. The molecular formula is C22H27FN4O. The van der Waals surface area contributed by atoms with E-state index in [-0.39, 0.29) is 11.7 Å². The Kier molecular flexibility index (Phi) is 6.15. The second-order valence-corrected chi connectivity index (χ2v) is 7.62. The van der Waals surface area contributed by atoms with Crippen LogP contribution in [-0.4, -0.2) is 34.5 Å². The molecule has 1 aromatic heterocycles. The van der Waals surface area contributed by atoms with Gasteiger partial charge in [0, 0.05) is 18.3 Å². The minimum Gasteiger partial charge on any atom is -0.326 e. The molecule has 148 valence electrons. The van der Waals surface area contributed by atoms with Crippen LogP contribution in [0.2, 0.25) is 0 Å². The quantitative estimate of drug-likeness (QED) is 0.851. The van der Waals surface area contributed by atoms with Gasteiger partial charge in [-0.1, -0.05) is 18.6 Å². The van der Waals surface area contributed by atoms with E-state index in [2.05, 4.69) is 23.2 Å². The normalized spacial score (nSPS) is 17.3. The third kappa shape index (κ3) is 4.26. The topological polar surface area (TPSA) is 61.1 Å². The summed E-state index contributed by atoms with van der Waals surface area (Å²) in [7, 11) is 0. The van der Waals surface area contributed by atoms with E-state index in [1.54, 1.807) is 12.1 Å². The molecule has 3 rings (SSSR count). The number of hydrogen-bond acceptors (Lipinski definition) is 3. The molecule has 0 saturated carbocycles. The van der Waals surface area contributed by atoms with Crippen molar-refractivity contribution in [1.82, 2.24) is 9.47 Å². The Bertz CT molecular complexity index is 895. The van der Waals surface area contributed by atoms with Crippen molar-refractivity contribution in [2.45, 2.75) is 52.6 Å². The fraction of sp³-hybridized carbons (Fsp3) is 0.455. The number of aromatic nitrogens is 1. The second kappa shape index (κ2) is 8.57. The van der Waals surface area contributed by atoms with Crippen molar-refractivity contribution in [1.29, 1.82) is 5.26 Å². The van der Waals surface area contributed by atoms with Crippen LogP contribution in [0.4, 0.5) is 10.2 Å². The molecule has 2 aromatic rings. The second-order valence-electron chi connectivity index (χ2n) is 7.62. The van der Waals surface area contributed by atoms with E-state index in [1.807, 2.05) is 18.4 Å². The first kappa shape index (κ1) is 20.1. The van der Waals surface area contributed by atoms with Crippen LogP contribution in [0.15, 0.2) is 24.3 Å². The molecule has 0 bridgehead atoms. The molecule has 5 nitrogen and oxygen atoms in total. The first-order valence-electron chi connectivity index (χ1n) is 9.78. The summed E-state index contributed by atoms with van der Waals surface area (Å²) >= 11 is 0. The summed E-state index contributed by atoms with van der Waals surface area (Å²) in [6, 6.07) is 8.90. The van der Waals surface area contributed by atoms with Gasteiger partial charge in [0.1, 0.15) is 17.7 Å². The van der Waals surface area contributed by atoms with Crippen molar-refractivity contribution in [2.24, 2.45) is 0 Å². The van der Waals surface area contributed by atoms with Gasteiger partial charge in [-0.3, -0.25) is 9.69 Å². The summed E-state index contributed by atoms with van der Waals surface area (Å²) in [6.45, 7) is 7.68. The molecule has 1 fully saturated rings. The van der Waals surface area contributed by atoms with Crippen molar-refractivity contribution in [3.8, 4) is 6.07 Å². The maximum absolute atomic E-state index is 13.2. The lowest BCUT2D eigenvalue weighted by molar-refractivity contribution is -0.118. The number of nitriles is 1. The molecule has 0 aliphatic carbocycles. The molecule has 1 atom stereocenters. The molecule has 1 aliphatic heterocycles. The first-order chi connectivity index (χ1) is 13.4. The van der Waals surface area contributed by atoms with Crippen LogP contribution in [0.25, 0.3) is 0 Å². The van der Waals surface area contributed by atoms with Crippen LogP contribution >= 0.6 is 0 Å². The number of nitrogens with one attached hydrogen (secondary N) is 1. The highest BCUT2D eigenvalue weighted by Crippen LogP contribution is 2.27. The summed E-state index contributed by atoms with van der Waals surface area (Å²) in [5.74, 6) is 0.130. The highest BCUT2D eigenvalue weighted by Gasteiger charge is 2.23. The Hall–Kier alpha value is -2.65. The molecular weight excluding hydrogens is 355 g/mol. The molecule has 0 spiro atoms. The van der Waals surface area contributed by atoms with Gasteiger partial charge in [0.15, 0.2) is 0 Å². The maximum Gasteiger partial charge on any atom is 0.239 e. The minimum atomic E-state index is -0.286. The molecule has 1 N–H and O–H groups in total. The van der Waals surface area contributed by atoms with E-state index in [0.29, 0.717) is 30.5 Å². The number of piperidine rings is 1. The number of likely N-dealkylation sites (tertiary alicyclic amines) is 1. The van der Waals surface area contributed by atoms with Crippen molar-refractivity contribution in [3.05, 3.63) is 52.5 Å². The number of nitrogens with zero attached hydrogens (tertiary/aromatic N) is 3. The molecule has 0 radical (unpaired) electrons. The van der Waals surface area contributed by atoms with Crippen LogP contribution in [0.5, 0.6) is 0 Å². The highest BCUT2D eigenvalue weighted by molar-refractivity contribution is 5.93. The third-order valence-corrected chi connectivity index (χ3v) is 5.74. The van der Waals surface area contributed by atoms with Crippen LogP contribution in [0.1, 0.15) is 48.6 Å². The SMILES string of the molecule is Cc1c(C#N)c(NC(=O)CN2CCCC[C@@H]2C)n(Cc2ccc(F)cc2)c1C. The Balaban J connectivity index is 1.84. The number of anilines is 1. The zero-order chi connectivity index (χ0) is 20.3. The van der Waals surface area contributed by atoms with Gasteiger partial charge in [-0.15, -0.1) is 0 Å². The fourth-order valence-corrected chi connectivity index (χ4v) is 3.85. The summed E-state index contributed by atoms with van der Waals surface area (Å²) < 4.78 is 15.2. The Morgan fingerprint density at radius 2 is 2.00 bits per heavy atom. The summed E-state index contributed by atoms with van der Waals surface area (Å²) in [4.78, 5) is 14.9. The lowest BCUT2D eigenvalue weighted by Gasteiger charge is -2.32. The molecule has 1 aromatic carbocycles. The Labute approximate surface area is 165 Å². The zero-order valence-electron chi connectivity index (χ0n) is 16.8. The zero-order valence-corrected chi connectivity index (χ0v) is 16.8. The van der Waals surface area contributed by atoms with Gasteiger partial charge in [0.2, 0.25) is 5.91 Å². The van der Waals surface area contributed by atoms with Gasteiger partial charge < -0.3 is 9.88 Å². The molecule has 1 saturated heterocycles. The standard InChI is InChI=1S/C22H27FN4O/c1-15-6-4-5-11-26(15)14-21(28)25-22-20(12-24)16(2)17(3)27(22)13-18-7-9-19(23)10-8-18/h7-10,15H,4-6,11,13-14H2,1-3H3,(H,25,28)/t15-/m0/s1. The van der Waals surface area contributed by atoms with Gasteiger partial charge >= 0.3 is 0 Å². The van der Waals surface area contributed by atoms with Gasteiger partial charge in [-0.25, -0.2) is 4.39 Å². The van der Waals surface area contributed by atoms with Crippen molar-refractivity contribution >= 4 is 11.7 Å². The van der Waals surface area contributed by atoms with Crippen molar-refractivity contribution in [2.75, 3.05) is 18.4 Å². The monoisotopic (exact) mass is 382 g/mol.